The first kappa shape index (κ1) is 16.9. The SMILES string of the molecule is CC(C(N)=S)N(C)S(=O)(=O)c1cccc(C(F)(F)F)c1. The second kappa shape index (κ2) is 5.66. The molecule has 1 unspecified atom stereocenters. The van der Waals surface area contributed by atoms with Crippen molar-refractivity contribution >= 4 is 27.2 Å². The lowest BCUT2D eigenvalue weighted by Gasteiger charge is -2.23. The Balaban J connectivity index is 3.27. The highest BCUT2D eigenvalue weighted by atomic mass is 32.2. The zero-order chi connectivity index (χ0) is 15.7. The van der Waals surface area contributed by atoms with E-state index in [0.717, 1.165) is 22.5 Å². The topological polar surface area (TPSA) is 63.4 Å². The number of nitrogens with zero attached hydrogens (tertiary/aromatic N) is 1. The predicted molar refractivity (Wildman–Crippen MR) is 72.6 cm³/mol. The van der Waals surface area contributed by atoms with E-state index in [4.69, 9.17) is 5.73 Å². The Hall–Kier alpha value is -1.19. The van der Waals surface area contributed by atoms with Crippen molar-refractivity contribution in [2.75, 3.05) is 7.05 Å². The molecule has 0 saturated heterocycles. The summed E-state index contributed by atoms with van der Waals surface area (Å²) in [6.45, 7) is 1.45. The van der Waals surface area contributed by atoms with Crippen LogP contribution in [-0.4, -0.2) is 30.8 Å². The third-order valence-corrected chi connectivity index (χ3v) is 5.06. The number of hydrogen-bond donors (Lipinski definition) is 1. The van der Waals surface area contributed by atoms with Gasteiger partial charge in [-0.1, -0.05) is 18.3 Å². The molecule has 0 aliphatic carbocycles. The molecule has 9 heteroatoms. The van der Waals surface area contributed by atoms with Crippen molar-refractivity contribution in [2.45, 2.75) is 24.0 Å². The number of rotatable bonds is 4. The van der Waals surface area contributed by atoms with Gasteiger partial charge >= 0.3 is 6.18 Å². The van der Waals surface area contributed by atoms with Crippen LogP contribution >= 0.6 is 12.2 Å². The highest BCUT2D eigenvalue weighted by molar-refractivity contribution is 7.89. The maximum atomic E-state index is 12.6. The molecule has 0 saturated carbocycles. The van der Waals surface area contributed by atoms with Gasteiger partial charge in [-0.15, -0.1) is 0 Å². The number of benzene rings is 1. The molecular formula is C11H13F3N2O2S2. The Labute approximate surface area is 120 Å². The smallest absolute Gasteiger partial charge is 0.392 e. The van der Waals surface area contributed by atoms with Gasteiger partial charge in [-0.3, -0.25) is 0 Å². The minimum Gasteiger partial charge on any atom is -0.392 e. The number of halogens is 3. The van der Waals surface area contributed by atoms with Crippen molar-refractivity contribution in [1.82, 2.24) is 4.31 Å². The molecule has 112 valence electrons. The van der Waals surface area contributed by atoms with Crippen molar-refractivity contribution in [3.63, 3.8) is 0 Å². The van der Waals surface area contributed by atoms with Crippen LogP contribution in [0.4, 0.5) is 13.2 Å². The van der Waals surface area contributed by atoms with Crippen molar-refractivity contribution in [1.29, 1.82) is 0 Å². The van der Waals surface area contributed by atoms with Crippen LogP contribution in [0.5, 0.6) is 0 Å². The molecule has 0 aromatic heterocycles. The fraction of sp³-hybridized carbons (Fsp3) is 0.364. The van der Waals surface area contributed by atoms with E-state index >= 15 is 0 Å². The summed E-state index contributed by atoms with van der Waals surface area (Å²) in [5.41, 5.74) is 4.32. The minimum atomic E-state index is -4.61. The Bertz CT molecular complexity index is 614. The molecule has 0 heterocycles. The monoisotopic (exact) mass is 326 g/mol. The summed E-state index contributed by atoms with van der Waals surface area (Å²) >= 11 is 4.69. The summed E-state index contributed by atoms with van der Waals surface area (Å²) in [4.78, 5) is -0.527. The molecule has 4 nitrogen and oxygen atoms in total. The number of likely N-dealkylation sites (N-methyl/N-ethyl adjacent to an activating group) is 1. The quantitative estimate of drug-likeness (QED) is 0.860. The normalized spacial score (nSPS) is 14.3. The van der Waals surface area contributed by atoms with Gasteiger partial charge in [-0.25, -0.2) is 8.42 Å². The molecule has 0 radical (unpaired) electrons. The Kier molecular flexibility index (Phi) is 4.78. The molecule has 1 rings (SSSR count). The van der Waals surface area contributed by atoms with Gasteiger partial charge in [-0.2, -0.15) is 17.5 Å². The summed E-state index contributed by atoms with van der Waals surface area (Å²) < 4.78 is 63.0. The van der Waals surface area contributed by atoms with Gasteiger partial charge in [0.25, 0.3) is 0 Å². The zero-order valence-electron chi connectivity index (χ0n) is 10.7. The molecular weight excluding hydrogens is 313 g/mol. The molecule has 2 N–H and O–H groups in total. The second-order valence-corrected chi connectivity index (χ2v) is 6.59. The molecule has 0 amide bonds. The number of sulfonamides is 1. The molecule has 0 fully saturated rings. The first-order chi connectivity index (χ1) is 8.98. The van der Waals surface area contributed by atoms with Crippen LogP contribution in [0.2, 0.25) is 0 Å². The van der Waals surface area contributed by atoms with Crippen LogP contribution in [0.25, 0.3) is 0 Å². The molecule has 0 aliphatic heterocycles. The molecule has 0 spiro atoms. The number of nitrogens with two attached hydrogens (primary N) is 1. The van der Waals surface area contributed by atoms with Crippen LogP contribution in [0, 0.1) is 0 Å². The fourth-order valence-electron chi connectivity index (χ4n) is 1.39. The minimum absolute atomic E-state index is 0.0666. The summed E-state index contributed by atoms with van der Waals surface area (Å²) in [7, 11) is -2.89. The average molecular weight is 326 g/mol. The Morgan fingerprint density at radius 3 is 2.40 bits per heavy atom. The lowest BCUT2D eigenvalue weighted by atomic mass is 10.2. The van der Waals surface area contributed by atoms with Gasteiger partial charge in [0, 0.05) is 7.05 Å². The summed E-state index contributed by atoms with van der Waals surface area (Å²) in [6.07, 6.45) is -4.61. The lowest BCUT2D eigenvalue weighted by Crippen LogP contribution is -2.42. The van der Waals surface area contributed by atoms with E-state index in [1.54, 1.807) is 0 Å². The van der Waals surface area contributed by atoms with E-state index in [9.17, 15) is 21.6 Å². The van der Waals surface area contributed by atoms with Crippen molar-refractivity contribution < 1.29 is 21.6 Å². The Morgan fingerprint density at radius 2 is 1.95 bits per heavy atom. The molecule has 20 heavy (non-hydrogen) atoms. The van der Waals surface area contributed by atoms with E-state index in [1.807, 2.05) is 0 Å². The van der Waals surface area contributed by atoms with Crippen LogP contribution in [0.15, 0.2) is 29.2 Å². The predicted octanol–water partition coefficient (Wildman–Crippen LogP) is 2.00. The van der Waals surface area contributed by atoms with Crippen LogP contribution in [-0.2, 0) is 16.2 Å². The lowest BCUT2D eigenvalue weighted by molar-refractivity contribution is -0.137. The highest BCUT2D eigenvalue weighted by Gasteiger charge is 2.33. The van der Waals surface area contributed by atoms with Gasteiger partial charge in [0.15, 0.2) is 0 Å². The van der Waals surface area contributed by atoms with Crippen molar-refractivity contribution in [3.8, 4) is 0 Å². The van der Waals surface area contributed by atoms with Gasteiger partial charge in [0.1, 0.15) is 0 Å². The van der Waals surface area contributed by atoms with Crippen LogP contribution < -0.4 is 5.73 Å². The maximum Gasteiger partial charge on any atom is 0.416 e. The van der Waals surface area contributed by atoms with Crippen molar-refractivity contribution in [2.24, 2.45) is 5.73 Å². The average Bonchev–Trinajstić information content (AvgIpc) is 2.35. The van der Waals surface area contributed by atoms with Gasteiger partial charge in [0.2, 0.25) is 10.0 Å². The zero-order valence-corrected chi connectivity index (χ0v) is 12.3. The van der Waals surface area contributed by atoms with Crippen LogP contribution in [0.3, 0.4) is 0 Å². The number of thiocarbonyl (C=S) groups is 1. The van der Waals surface area contributed by atoms with E-state index < -0.39 is 32.7 Å². The van der Waals surface area contributed by atoms with Gasteiger partial charge < -0.3 is 5.73 Å². The van der Waals surface area contributed by atoms with Crippen LogP contribution in [0.1, 0.15) is 12.5 Å². The summed E-state index contributed by atoms with van der Waals surface area (Å²) in [5.74, 6) is 0. The molecule has 1 aromatic carbocycles. The third-order valence-electron chi connectivity index (χ3n) is 2.80. The summed E-state index contributed by atoms with van der Waals surface area (Å²) in [6, 6.07) is 2.71. The molecule has 0 aliphatic rings. The maximum absolute atomic E-state index is 12.6. The standard InChI is InChI=1S/C11H13F3N2O2S2/c1-7(10(15)19)16(2)20(17,18)9-5-3-4-8(6-9)11(12,13)14/h3-7H,1-2H3,(H2,15,19). The fourth-order valence-corrected chi connectivity index (χ4v) is 3.00. The van der Waals surface area contributed by atoms with E-state index in [0.29, 0.717) is 6.07 Å². The van der Waals surface area contributed by atoms with E-state index in [1.165, 1.54) is 14.0 Å². The number of hydrogen-bond acceptors (Lipinski definition) is 3. The van der Waals surface area contributed by atoms with Crippen molar-refractivity contribution in [3.05, 3.63) is 29.8 Å². The largest absolute Gasteiger partial charge is 0.416 e. The third kappa shape index (κ3) is 3.47. The first-order valence-electron chi connectivity index (χ1n) is 5.42. The highest BCUT2D eigenvalue weighted by Crippen LogP contribution is 2.31. The molecule has 1 atom stereocenters. The second-order valence-electron chi connectivity index (χ2n) is 4.13. The Morgan fingerprint density at radius 1 is 1.40 bits per heavy atom. The van der Waals surface area contributed by atoms with Gasteiger partial charge in [-0.05, 0) is 25.1 Å². The molecule has 0 bridgehead atoms. The molecule has 1 aromatic rings. The van der Waals surface area contributed by atoms with E-state index in [2.05, 4.69) is 12.2 Å². The first-order valence-corrected chi connectivity index (χ1v) is 7.27. The van der Waals surface area contributed by atoms with E-state index in [-0.39, 0.29) is 4.99 Å². The van der Waals surface area contributed by atoms with Gasteiger partial charge in [0.05, 0.1) is 21.5 Å². The summed E-state index contributed by atoms with van der Waals surface area (Å²) in [5, 5.41) is 0. The number of alkyl halides is 3.